The molecule has 2 aliphatic rings. The summed E-state index contributed by atoms with van der Waals surface area (Å²) in [7, 11) is 0. The maximum absolute atomic E-state index is 14.1. The zero-order valence-corrected chi connectivity index (χ0v) is 12.9. The molecule has 1 unspecified atom stereocenters. The van der Waals surface area contributed by atoms with Gasteiger partial charge in [-0.15, -0.1) is 0 Å². The second kappa shape index (κ2) is 5.49. The van der Waals surface area contributed by atoms with Crippen molar-refractivity contribution in [2.24, 2.45) is 5.92 Å². The molecule has 1 nitrogen and oxygen atoms in total. The average molecular weight is 307 g/mol. The minimum atomic E-state index is -2.44. The Balaban J connectivity index is 1.66. The van der Waals surface area contributed by atoms with Gasteiger partial charge in [0.2, 0.25) is 0 Å². The SMILES string of the molecule is CC1=C(c2ccc(C)cc2F)C=CN(CCC2CC2(F)F)C1. The fraction of sp³-hybridized carbons (Fsp3) is 0.444. The molecule has 0 saturated heterocycles. The molecule has 1 saturated carbocycles. The van der Waals surface area contributed by atoms with Crippen LogP contribution in [-0.2, 0) is 0 Å². The number of aryl methyl sites for hydroxylation is 1. The van der Waals surface area contributed by atoms with E-state index in [4.69, 9.17) is 0 Å². The van der Waals surface area contributed by atoms with E-state index in [9.17, 15) is 13.2 Å². The Labute approximate surface area is 129 Å². The van der Waals surface area contributed by atoms with Gasteiger partial charge in [-0.25, -0.2) is 13.2 Å². The van der Waals surface area contributed by atoms with Crippen molar-refractivity contribution in [3.05, 3.63) is 53.0 Å². The second-order valence-corrected chi connectivity index (χ2v) is 6.41. The van der Waals surface area contributed by atoms with Crippen molar-refractivity contribution in [1.29, 1.82) is 0 Å². The molecule has 0 bridgehead atoms. The monoisotopic (exact) mass is 307 g/mol. The van der Waals surface area contributed by atoms with Crippen LogP contribution in [0.5, 0.6) is 0 Å². The molecule has 3 rings (SSSR count). The van der Waals surface area contributed by atoms with Crippen molar-refractivity contribution in [3.63, 3.8) is 0 Å². The molecule has 1 aromatic rings. The van der Waals surface area contributed by atoms with Crippen LogP contribution < -0.4 is 0 Å². The van der Waals surface area contributed by atoms with Gasteiger partial charge in [-0.05, 0) is 55.3 Å². The lowest BCUT2D eigenvalue weighted by atomic mass is 9.96. The Bertz CT molecular complexity index is 646. The molecule has 118 valence electrons. The maximum atomic E-state index is 14.1. The fourth-order valence-corrected chi connectivity index (χ4v) is 2.98. The molecule has 1 aliphatic heterocycles. The van der Waals surface area contributed by atoms with Crippen LogP contribution in [0, 0.1) is 18.7 Å². The van der Waals surface area contributed by atoms with Crippen molar-refractivity contribution in [2.75, 3.05) is 13.1 Å². The van der Waals surface area contributed by atoms with E-state index in [0.717, 1.165) is 16.7 Å². The highest BCUT2D eigenvalue weighted by Crippen LogP contribution is 2.50. The van der Waals surface area contributed by atoms with Crippen LogP contribution in [0.2, 0.25) is 0 Å². The first-order chi connectivity index (χ1) is 10.4. The van der Waals surface area contributed by atoms with Crippen LogP contribution in [0.25, 0.3) is 5.57 Å². The molecule has 0 radical (unpaired) electrons. The predicted molar refractivity (Wildman–Crippen MR) is 82.1 cm³/mol. The molecule has 4 heteroatoms. The van der Waals surface area contributed by atoms with Crippen LogP contribution in [0.4, 0.5) is 13.2 Å². The van der Waals surface area contributed by atoms with Gasteiger partial charge in [-0.3, -0.25) is 0 Å². The number of allylic oxidation sites excluding steroid dienone is 2. The molecular formula is C18H20F3N. The molecule has 1 fully saturated rings. The first-order valence-corrected chi connectivity index (χ1v) is 7.63. The van der Waals surface area contributed by atoms with E-state index in [1.807, 2.05) is 37.1 Å². The van der Waals surface area contributed by atoms with Crippen molar-refractivity contribution in [3.8, 4) is 0 Å². The van der Waals surface area contributed by atoms with E-state index >= 15 is 0 Å². The molecular weight excluding hydrogens is 287 g/mol. The van der Waals surface area contributed by atoms with Gasteiger partial charge in [0.1, 0.15) is 5.82 Å². The summed E-state index contributed by atoms with van der Waals surface area (Å²) in [5.74, 6) is -3.12. The van der Waals surface area contributed by atoms with Crippen molar-refractivity contribution < 1.29 is 13.2 Å². The largest absolute Gasteiger partial charge is 0.373 e. The highest BCUT2D eigenvalue weighted by atomic mass is 19.3. The Morgan fingerprint density at radius 3 is 2.59 bits per heavy atom. The Kier molecular flexibility index (Phi) is 3.79. The van der Waals surface area contributed by atoms with Crippen LogP contribution in [0.3, 0.4) is 0 Å². The number of hydrogen-bond donors (Lipinski definition) is 0. The van der Waals surface area contributed by atoms with E-state index in [-0.39, 0.29) is 12.2 Å². The van der Waals surface area contributed by atoms with Crippen LogP contribution in [0.15, 0.2) is 36.0 Å². The lowest BCUT2D eigenvalue weighted by Gasteiger charge is -2.26. The summed E-state index contributed by atoms with van der Waals surface area (Å²) in [4.78, 5) is 2.03. The standard InChI is InChI=1S/C18H20F3N/c1-12-3-4-16(17(19)9-12)15-6-8-22(11-13(15)2)7-5-14-10-18(14,20)21/h3-4,6,8-9,14H,5,7,10-11H2,1-2H3. The third-order valence-electron chi connectivity index (χ3n) is 4.49. The molecule has 0 amide bonds. The van der Waals surface area contributed by atoms with Crippen LogP contribution >= 0.6 is 0 Å². The van der Waals surface area contributed by atoms with E-state index in [1.54, 1.807) is 6.07 Å². The fourth-order valence-electron chi connectivity index (χ4n) is 2.98. The topological polar surface area (TPSA) is 3.24 Å². The van der Waals surface area contributed by atoms with E-state index in [1.165, 1.54) is 6.07 Å². The van der Waals surface area contributed by atoms with Gasteiger partial charge in [-0.2, -0.15) is 0 Å². The maximum Gasteiger partial charge on any atom is 0.251 e. The van der Waals surface area contributed by atoms with Gasteiger partial charge in [-0.1, -0.05) is 12.1 Å². The molecule has 1 heterocycles. The zero-order chi connectivity index (χ0) is 15.9. The molecule has 0 spiro atoms. The van der Waals surface area contributed by atoms with Gasteiger partial charge < -0.3 is 4.90 Å². The van der Waals surface area contributed by atoms with Crippen molar-refractivity contribution in [2.45, 2.75) is 32.6 Å². The Hall–Kier alpha value is -1.71. The number of rotatable bonds is 4. The summed E-state index contributed by atoms with van der Waals surface area (Å²) >= 11 is 0. The highest BCUT2D eigenvalue weighted by molar-refractivity contribution is 5.78. The molecule has 1 atom stereocenters. The smallest absolute Gasteiger partial charge is 0.251 e. The summed E-state index contributed by atoms with van der Waals surface area (Å²) in [6, 6.07) is 5.23. The number of hydrogen-bond acceptors (Lipinski definition) is 1. The van der Waals surface area contributed by atoms with E-state index in [0.29, 0.717) is 25.1 Å². The molecule has 0 aromatic heterocycles. The van der Waals surface area contributed by atoms with Crippen molar-refractivity contribution in [1.82, 2.24) is 4.90 Å². The highest BCUT2D eigenvalue weighted by Gasteiger charge is 2.56. The van der Waals surface area contributed by atoms with Gasteiger partial charge in [0, 0.05) is 31.0 Å². The number of benzene rings is 1. The van der Waals surface area contributed by atoms with Crippen LogP contribution in [0.1, 0.15) is 30.9 Å². The van der Waals surface area contributed by atoms with Crippen LogP contribution in [-0.4, -0.2) is 23.9 Å². The quantitative estimate of drug-likeness (QED) is 0.773. The molecule has 0 N–H and O–H groups in total. The van der Waals surface area contributed by atoms with Gasteiger partial charge in [0.25, 0.3) is 5.92 Å². The first kappa shape index (κ1) is 15.2. The number of halogens is 3. The first-order valence-electron chi connectivity index (χ1n) is 7.63. The Morgan fingerprint density at radius 1 is 1.27 bits per heavy atom. The van der Waals surface area contributed by atoms with Crippen molar-refractivity contribution >= 4 is 5.57 Å². The van der Waals surface area contributed by atoms with E-state index in [2.05, 4.69) is 0 Å². The zero-order valence-electron chi connectivity index (χ0n) is 12.9. The second-order valence-electron chi connectivity index (χ2n) is 6.41. The third kappa shape index (κ3) is 3.06. The minimum absolute atomic E-state index is 0.0270. The number of nitrogens with zero attached hydrogens (tertiary/aromatic N) is 1. The summed E-state index contributed by atoms with van der Waals surface area (Å²) in [6.07, 6.45) is 4.32. The minimum Gasteiger partial charge on any atom is -0.373 e. The predicted octanol–water partition coefficient (Wildman–Crippen LogP) is 4.78. The summed E-state index contributed by atoms with van der Waals surface area (Å²) < 4.78 is 39.9. The summed E-state index contributed by atoms with van der Waals surface area (Å²) in [5, 5.41) is 0. The average Bonchev–Trinajstić information content (AvgIpc) is 3.05. The summed E-state index contributed by atoms with van der Waals surface area (Å²) in [5.41, 5.74) is 3.46. The molecule has 1 aliphatic carbocycles. The van der Waals surface area contributed by atoms with E-state index < -0.39 is 11.8 Å². The lowest BCUT2D eigenvalue weighted by Crippen LogP contribution is -2.24. The summed E-state index contributed by atoms with van der Waals surface area (Å²) in [6.45, 7) is 5.12. The van der Waals surface area contributed by atoms with Gasteiger partial charge >= 0.3 is 0 Å². The van der Waals surface area contributed by atoms with Gasteiger partial charge in [0.15, 0.2) is 0 Å². The molecule has 1 aromatic carbocycles. The van der Waals surface area contributed by atoms with Gasteiger partial charge in [0.05, 0.1) is 0 Å². The third-order valence-corrected chi connectivity index (χ3v) is 4.49. The lowest BCUT2D eigenvalue weighted by molar-refractivity contribution is 0.0953. The Morgan fingerprint density at radius 2 is 2.00 bits per heavy atom. The normalized spacial score (nSPS) is 23.1. The molecule has 22 heavy (non-hydrogen) atoms. The number of alkyl halides is 2.